The summed E-state index contributed by atoms with van der Waals surface area (Å²) in [6.07, 6.45) is 7.11. The highest BCUT2D eigenvalue weighted by Gasteiger charge is 2.30. The first kappa shape index (κ1) is 14.7. The predicted octanol–water partition coefficient (Wildman–Crippen LogP) is 2.98. The minimum Gasteiger partial charge on any atom is -0.385 e. The van der Waals surface area contributed by atoms with Gasteiger partial charge < -0.3 is 14.6 Å². The van der Waals surface area contributed by atoms with Crippen LogP contribution >= 0.6 is 11.3 Å². The van der Waals surface area contributed by atoms with E-state index in [1.54, 1.807) is 17.5 Å². The number of aryl methyl sites for hydroxylation is 1. The van der Waals surface area contributed by atoms with Crippen molar-refractivity contribution in [1.82, 2.24) is 14.5 Å². The smallest absolute Gasteiger partial charge is 0.137 e. The van der Waals surface area contributed by atoms with Gasteiger partial charge in [0.25, 0.3) is 0 Å². The van der Waals surface area contributed by atoms with E-state index in [1.807, 2.05) is 24.0 Å². The fourth-order valence-corrected chi connectivity index (χ4v) is 4.36. The van der Waals surface area contributed by atoms with Gasteiger partial charge in [0.15, 0.2) is 0 Å². The number of hydrogen-bond acceptors (Lipinski definition) is 5. The van der Waals surface area contributed by atoms with Crippen LogP contribution in [0.1, 0.15) is 24.8 Å². The fraction of sp³-hybridized carbons (Fsp3) is 0.412. The van der Waals surface area contributed by atoms with Crippen LogP contribution in [0.25, 0.3) is 10.2 Å². The van der Waals surface area contributed by atoms with Crippen LogP contribution in [0.2, 0.25) is 0 Å². The van der Waals surface area contributed by atoms with Gasteiger partial charge in [-0.05, 0) is 30.4 Å². The highest BCUT2D eigenvalue weighted by molar-refractivity contribution is 7.17. The van der Waals surface area contributed by atoms with Crippen molar-refractivity contribution in [2.24, 2.45) is 13.0 Å². The van der Waals surface area contributed by atoms with Crippen LogP contribution in [0.15, 0.2) is 36.1 Å². The zero-order chi connectivity index (χ0) is 15.8. The molecule has 23 heavy (non-hydrogen) atoms. The molecule has 1 saturated heterocycles. The van der Waals surface area contributed by atoms with Crippen LogP contribution in [-0.4, -0.2) is 32.7 Å². The van der Waals surface area contributed by atoms with Crippen molar-refractivity contribution in [3.05, 3.63) is 41.9 Å². The number of fused-ring (bicyclic) bond motifs is 1. The van der Waals surface area contributed by atoms with E-state index in [4.69, 9.17) is 0 Å². The summed E-state index contributed by atoms with van der Waals surface area (Å²) in [6.45, 7) is 1.88. The van der Waals surface area contributed by atoms with Crippen LogP contribution in [0.3, 0.4) is 0 Å². The molecule has 2 unspecified atom stereocenters. The van der Waals surface area contributed by atoms with Crippen molar-refractivity contribution in [2.45, 2.75) is 18.9 Å². The SMILES string of the molecule is Cn1ccnc1C(O)C1CCCN(c2ccnc3ccsc23)C1. The molecule has 0 bridgehead atoms. The van der Waals surface area contributed by atoms with Gasteiger partial charge in [-0.2, -0.15) is 0 Å². The highest BCUT2D eigenvalue weighted by atomic mass is 32.1. The summed E-state index contributed by atoms with van der Waals surface area (Å²) < 4.78 is 3.15. The first-order chi connectivity index (χ1) is 11.2. The maximum Gasteiger partial charge on any atom is 0.137 e. The number of thiophene rings is 1. The summed E-state index contributed by atoms with van der Waals surface area (Å²) in [5, 5.41) is 12.8. The lowest BCUT2D eigenvalue weighted by Gasteiger charge is -2.36. The van der Waals surface area contributed by atoms with Crippen LogP contribution in [0, 0.1) is 5.92 Å². The summed E-state index contributed by atoms with van der Waals surface area (Å²) in [6, 6.07) is 4.15. The Morgan fingerprint density at radius 2 is 2.22 bits per heavy atom. The van der Waals surface area contributed by atoms with E-state index in [0.29, 0.717) is 0 Å². The second-order valence-corrected chi connectivity index (χ2v) is 7.07. The largest absolute Gasteiger partial charge is 0.385 e. The minimum atomic E-state index is -0.515. The maximum atomic E-state index is 10.7. The second kappa shape index (κ2) is 5.94. The van der Waals surface area contributed by atoms with Gasteiger partial charge in [-0.25, -0.2) is 4.98 Å². The number of pyridine rings is 1. The number of aromatic nitrogens is 3. The normalized spacial score (nSPS) is 20.1. The van der Waals surface area contributed by atoms with Crippen molar-refractivity contribution >= 4 is 27.2 Å². The molecule has 0 aromatic carbocycles. The van der Waals surface area contributed by atoms with Gasteiger partial charge >= 0.3 is 0 Å². The van der Waals surface area contributed by atoms with Crippen LogP contribution in [0.5, 0.6) is 0 Å². The van der Waals surface area contributed by atoms with Gasteiger partial charge in [-0.15, -0.1) is 11.3 Å². The molecule has 5 nitrogen and oxygen atoms in total. The number of hydrogen-bond donors (Lipinski definition) is 1. The maximum absolute atomic E-state index is 10.7. The molecule has 0 radical (unpaired) electrons. The molecule has 4 rings (SSSR count). The third-order valence-corrected chi connectivity index (χ3v) is 5.62. The Labute approximate surface area is 139 Å². The second-order valence-electron chi connectivity index (χ2n) is 6.15. The van der Waals surface area contributed by atoms with Crippen LogP contribution in [0.4, 0.5) is 5.69 Å². The third-order valence-electron chi connectivity index (χ3n) is 4.69. The summed E-state index contributed by atoms with van der Waals surface area (Å²) in [4.78, 5) is 11.1. The van der Waals surface area contributed by atoms with Crippen molar-refractivity contribution in [1.29, 1.82) is 0 Å². The van der Waals surface area contributed by atoms with Gasteiger partial charge in [0.1, 0.15) is 11.9 Å². The molecule has 3 aromatic heterocycles. The predicted molar refractivity (Wildman–Crippen MR) is 92.7 cm³/mol. The molecule has 0 spiro atoms. The lowest BCUT2D eigenvalue weighted by molar-refractivity contribution is 0.0875. The minimum absolute atomic E-state index is 0.202. The van der Waals surface area contributed by atoms with E-state index in [-0.39, 0.29) is 5.92 Å². The molecule has 120 valence electrons. The van der Waals surface area contributed by atoms with Gasteiger partial charge in [-0.1, -0.05) is 0 Å². The summed E-state index contributed by atoms with van der Waals surface area (Å²) in [7, 11) is 1.93. The quantitative estimate of drug-likeness (QED) is 0.803. The van der Waals surface area contributed by atoms with Crippen molar-refractivity contribution in [3.63, 3.8) is 0 Å². The van der Waals surface area contributed by atoms with Crippen LogP contribution in [-0.2, 0) is 7.05 Å². The molecule has 0 amide bonds. The van der Waals surface area contributed by atoms with Gasteiger partial charge in [0, 0.05) is 44.6 Å². The van der Waals surface area contributed by atoms with Crippen molar-refractivity contribution in [3.8, 4) is 0 Å². The Morgan fingerprint density at radius 1 is 1.30 bits per heavy atom. The van der Waals surface area contributed by atoms with Gasteiger partial charge in [0.05, 0.1) is 15.9 Å². The monoisotopic (exact) mass is 328 g/mol. The average molecular weight is 328 g/mol. The van der Waals surface area contributed by atoms with Gasteiger partial charge in [0.2, 0.25) is 0 Å². The number of aliphatic hydroxyl groups excluding tert-OH is 1. The van der Waals surface area contributed by atoms with Crippen molar-refractivity contribution in [2.75, 3.05) is 18.0 Å². The lowest BCUT2D eigenvalue weighted by atomic mass is 9.91. The fourth-order valence-electron chi connectivity index (χ4n) is 3.47. The molecule has 0 aliphatic carbocycles. The number of imidazole rings is 1. The first-order valence-electron chi connectivity index (χ1n) is 7.96. The summed E-state index contributed by atoms with van der Waals surface area (Å²) >= 11 is 1.73. The molecule has 2 atom stereocenters. The molecule has 3 aromatic rings. The summed E-state index contributed by atoms with van der Waals surface area (Å²) in [5.41, 5.74) is 2.29. The molecule has 1 fully saturated rings. The number of aliphatic hydroxyl groups is 1. The number of piperidine rings is 1. The van der Waals surface area contributed by atoms with Crippen molar-refractivity contribution < 1.29 is 5.11 Å². The molecule has 6 heteroatoms. The van der Waals surface area contributed by atoms with Gasteiger partial charge in [-0.3, -0.25) is 4.98 Å². The lowest BCUT2D eigenvalue weighted by Crippen LogP contribution is -2.38. The van der Waals surface area contributed by atoms with E-state index >= 15 is 0 Å². The van der Waals surface area contributed by atoms with E-state index in [1.165, 1.54) is 10.4 Å². The molecule has 0 saturated carbocycles. The molecular weight excluding hydrogens is 308 g/mol. The number of nitrogens with zero attached hydrogens (tertiary/aromatic N) is 4. The highest BCUT2D eigenvalue weighted by Crippen LogP contribution is 2.35. The molecule has 1 aliphatic rings. The third kappa shape index (κ3) is 2.62. The number of anilines is 1. The molecule has 1 aliphatic heterocycles. The van der Waals surface area contributed by atoms with Crippen LogP contribution < -0.4 is 4.90 Å². The zero-order valence-corrected chi connectivity index (χ0v) is 13.9. The Balaban J connectivity index is 1.60. The molecular formula is C17H20N4OS. The standard InChI is InChI=1S/C17H20N4OS/c1-20-9-7-19-17(20)15(22)12-3-2-8-21(11-12)14-4-6-18-13-5-10-23-16(13)14/h4-7,9-10,12,15,22H,2-3,8,11H2,1H3. The Morgan fingerprint density at radius 3 is 3.04 bits per heavy atom. The molecule has 1 N–H and O–H groups in total. The zero-order valence-electron chi connectivity index (χ0n) is 13.1. The average Bonchev–Trinajstić information content (AvgIpc) is 3.22. The summed E-state index contributed by atoms with van der Waals surface area (Å²) in [5.74, 6) is 0.959. The first-order valence-corrected chi connectivity index (χ1v) is 8.84. The Kier molecular flexibility index (Phi) is 3.79. The topological polar surface area (TPSA) is 54.2 Å². The van der Waals surface area contributed by atoms with E-state index < -0.39 is 6.10 Å². The van der Waals surface area contributed by atoms with E-state index in [0.717, 1.165) is 37.3 Å². The number of rotatable bonds is 3. The Hall–Kier alpha value is -1.92. The Bertz CT molecular complexity index is 812. The molecule has 4 heterocycles. The van der Waals surface area contributed by atoms with E-state index in [9.17, 15) is 5.11 Å². The van der Waals surface area contributed by atoms with E-state index in [2.05, 4.69) is 32.4 Å².